The van der Waals surface area contributed by atoms with Crippen LogP contribution in [-0.2, 0) is 13.1 Å². The molecule has 0 bridgehead atoms. The fourth-order valence-corrected chi connectivity index (χ4v) is 3.09. The summed E-state index contributed by atoms with van der Waals surface area (Å²) in [5, 5.41) is 0. The number of aryl methyl sites for hydroxylation is 2. The second-order valence-corrected chi connectivity index (χ2v) is 5.78. The summed E-state index contributed by atoms with van der Waals surface area (Å²) in [6, 6.07) is 10.7. The highest BCUT2D eigenvalue weighted by Crippen LogP contribution is 2.28. The van der Waals surface area contributed by atoms with Gasteiger partial charge in [-0.25, -0.2) is 9.97 Å². The molecule has 3 nitrogen and oxygen atoms in total. The largest absolute Gasteiger partial charge is 0.294 e. The van der Waals surface area contributed by atoms with Gasteiger partial charge in [0, 0.05) is 36.8 Å². The summed E-state index contributed by atoms with van der Waals surface area (Å²) in [4.78, 5) is 11.7. The monoisotopic (exact) mass is 297 g/mol. The van der Waals surface area contributed by atoms with Gasteiger partial charge in [0.1, 0.15) is 5.82 Å². The smallest absolute Gasteiger partial charge is 0.125 e. The second kappa shape index (κ2) is 7.50. The predicted molar refractivity (Wildman–Crippen MR) is 91.8 cm³/mol. The van der Waals surface area contributed by atoms with Gasteiger partial charge in [0.25, 0.3) is 0 Å². The fourth-order valence-electron chi connectivity index (χ4n) is 3.09. The molecule has 0 radical (unpaired) electrons. The van der Waals surface area contributed by atoms with Crippen molar-refractivity contribution in [2.45, 2.75) is 53.6 Å². The Kier molecular flexibility index (Phi) is 5.67. The molecule has 2 aromatic rings. The third kappa shape index (κ3) is 3.72. The Hall–Kier alpha value is -1.74. The van der Waals surface area contributed by atoms with E-state index in [1.165, 1.54) is 16.8 Å². The Morgan fingerprint density at radius 3 is 2.45 bits per heavy atom. The molecule has 0 N–H and O–H groups in total. The molecule has 1 aliphatic heterocycles. The second-order valence-electron chi connectivity index (χ2n) is 5.78. The van der Waals surface area contributed by atoms with Crippen LogP contribution in [0.25, 0.3) is 0 Å². The average Bonchev–Trinajstić information content (AvgIpc) is 2.52. The Morgan fingerprint density at radius 1 is 1.09 bits per heavy atom. The molecule has 0 amide bonds. The molecule has 1 unspecified atom stereocenters. The molecule has 0 spiro atoms. The zero-order chi connectivity index (χ0) is 16.1. The van der Waals surface area contributed by atoms with Crippen LogP contribution in [0.2, 0.25) is 0 Å². The molecular weight excluding hydrogens is 270 g/mol. The Balaban J connectivity index is 0.000000847. The van der Waals surface area contributed by atoms with Crippen LogP contribution in [0.15, 0.2) is 30.3 Å². The van der Waals surface area contributed by atoms with Crippen LogP contribution in [0.4, 0.5) is 0 Å². The number of hydrogen-bond acceptors (Lipinski definition) is 3. The van der Waals surface area contributed by atoms with Crippen molar-refractivity contribution in [1.82, 2.24) is 14.9 Å². The maximum absolute atomic E-state index is 4.66. The van der Waals surface area contributed by atoms with Crippen LogP contribution in [-0.4, -0.2) is 21.4 Å². The van der Waals surface area contributed by atoms with Crippen molar-refractivity contribution in [3.8, 4) is 0 Å². The highest BCUT2D eigenvalue weighted by Gasteiger charge is 2.25. The maximum atomic E-state index is 4.66. The highest BCUT2D eigenvalue weighted by atomic mass is 15.1. The van der Waals surface area contributed by atoms with E-state index >= 15 is 0 Å². The molecule has 1 atom stereocenters. The van der Waals surface area contributed by atoms with Gasteiger partial charge in [0.15, 0.2) is 0 Å². The minimum Gasteiger partial charge on any atom is -0.294 e. The Labute approximate surface area is 134 Å². The Morgan fingerprint density at radius 2 is 1.77 bits per heavy atom. The summed E-state index contributed by atoms with van der Waals surface area (Å²) < 4.78 is 0. The third-order valence-corrected chi connectivity index (χ3v) is 3.99. The number of benzene rings is 1. The lowest BCUT2D eigenvalue weighted by atomic mass is 9.95. The van der Waals surface area contributed by atoms with Gasteiger partial charge in [-0.05, 0) is 19.4 Å². The third-order valence-electron chi connectivity index (χ3n) is 3.99. The molecule has 0 aliphatic carbocycles. The molecule has 3 rings (SSSR count). The van der Waals surface area contributed by atoms with Gasteiger partial charge in [-0.3, -0.25) is 4.90 Å². The number of fused-ring (bicyclic) bond motifs is 1. The van der Waals surface area contributed by atoms with Crippen LogP contribution < -0.4 is 0 Å². The minimum atomic E-state index is 0.475. The molecule has 1 aliphatic rings. The first-order valence-electron chi connectivity index (χ1n) is 8.24. The predicted octanol–water partition coefficient (Wildman–Crippen LogP) is 4.24. The van der Waals surface area contributed by atoms with Crippen molar-refractivity contribution in [3.63, 3.8) is 0 Å². The minimum absolute atomic E-state index is 0.475. The Bertz CT molecular complexity index is 608. The lowest BCUT2D eigenvalue weighted by Gasteiger charge is -2.33. The van der Waals surface area contributed by atoms with Gasteiger partial charge in [0.05, 0.1) is 5.69 Å². The zero-order valence-corrected chi connectivity index (χ0v) is 14.4. The standard InChI is InChI=1S/C17H21N3.C2H6/c1-12-9-20(10-15-7-5-4-6-8-15)11-16-13(2)18-14(3)19-17(12)16;1-2/h4-8,12H,9-11H2,1-3H3;1-2H3. The quantitative estimate of drug-likeness (QED) is 0.830. The molecule has 3 heteroatoms. The van der Waals surface area contributed by atoms with Gasteiger partial charge < -0.3 is 0 Å². The summed E-state index contributed by atoms with van der Waals surface area (Å²) in [6.45, 7) is 13.4. The van der Waals surface area contributed by atoms with Crippen LogP contribution in [0.5, 0.6) is 0 Å². The van der Waals surface area contributed by atoms with Crippen molar-refractivity contribution in [3.05, 3.63) is 58.7 Å². The van der Waals surface area contributed by atoms with Crippen molar-refractivity contribution in [1.29, 1.82) is 0 Å². The molecular formula is C19H27N3. The van der Waals surface area contributed by atoms with Gasteiger partial charge in [0.2, 0.25) is 0 Å². The molecule has 0 saturated carbocycles. The van der Waals surface area contributed by atoms with Crippen molar-refractivity contribution < 1.29 is 0 Å². The maximum Gasteiger partial charge on any atom is 0.125 e. The summed E-state index contributed by atoms with van der Waals surface area (Å²) in [7, 11) is 0. The van der Waals surface area contributed by atoms with Gasteiger partial charge in [-0.15, -0.1) is 0 Å². The van der Waals surface area contributed by atoms with Crippen molar-refractivity contribution >= 4 is 0 Å². The summed E-state index contributed by atoms with van der Waals surface area (Å²) >= 11 is 0. The van der Waals surface area contributed by atoms with Crippen molar-refractivity contribution in [2.75, 3.05) is 6.54 Å². The average molecular weight is 297 g/mol. The summed E-state index contributed by atoms with van der Waals surface area (Å²) in [5.41, 5.74) is 5.08. The molecule has 1 aromatic carbocycles. The van der Waals surface area contributed by atoms with Crippen LogP contribution in [0.1, 0.15) is 55.0 Å². The molecule has 2 heterocycles. The first kappa shape index (κ1) is 16.6. The van der Waals surface area contributed by atoms with Gasteiger partial charge in [-0.1, -0.05) is 51.1 Å². The van der Waals surface area contributed by atoms with E-state index in [2.05, 4.69) is 59.0 Å². The van der Waals surface area contributed by atoms with E-state index in [1.807, 2.05) is 20.8 Å². The fraction of sp³-hybridized carbons (Fsp3) is 0.474. The lowest BCUT2D eigenvalue weighted by molar-refractivity contribution is 0.222. The van der Waals surface area contributed by atoms with Crippen LogP contribution in [0, 0.1) is 13.8 Å². The SMILES string of the molecule is CC.Cc1nc(C)c2c(n1)C(C)CN(Cc1ccccc1)C2. The molecule has 22 heavy (non-hydrogen) atoms. The molecule has 1 aromatic heterocycles. The number of nitrogens with zero attached hydrogens (tertiary/aromatic N) is 3. The highest BCUT2D eigenvalue weighted by molar-refractivity contribution is 5.30. The summed E-state index contributed by atoms with van der Waals surface area (Å²) in [6.07, 6.45) is 0. The first-order valence-corrected chi connectivity index (χ1v) is 8.24. The number of aromatic nitrogens is 2. The van der Waals surface area contributed by atoms with E-state index in [0.29, 0.717) is 5.92 Å². The van der Waals surface area contributed by atoms with E-state index in [1.54, 1.807) is 0 Å². The van der Waals surface area contributed by atoms with Crippen LogP contribution in [0.3, 0.4) is 0 Å². The van der Waals surface area contributed by atoms with E-state index in [0.717, 1.165) is 31.2 Å². The lowest BCUT2D eigenvalue weighted by Crippen LogP contribution is -2.34. The number of hydrogen-bond donors (Lipinski definition) is 0. The van der Waals surface area contributed by atoms with E-state index in [-0.39, 0.29) is 0 Å². The summed E-state index contributed by atoms with van der Waals surface area (Å²) in [5.74, 6) is 1.37. The number of rotatable bonds is 2. The molecule has 118 valence electrons. The molecule has 0 fully saturated rings. The molecule has 0 saturated heterocycles. The normalized spacial score (nSPS) is 17.4. The van der Waals surface area contributed by atoms with Gasteiger partial charge in [-0.2, -0.15) is 0 Å². The van der Waals surface area contributed by atoms with Crippen LogP contribution >= 0.6 is 0 Å². The topological polar surface area (TPSA) is 29.0 Å². The van der Waals surface area contributed by atoms with Crippen molar-refractivity contribution in [2.24, 2.45) is 0 Å². The van der Waals surface area contributed by atoms with Gasteiger partial charge >= 0.3 is 0 Å². The zero-order valence-electron chi connectivity index (χ0n) is 14.4. The van der Waals surface area contributed by atoms with E-state index < -0.39 is 0 Å². The van der Waals surface area contributed by atoms with E-state index in [4.69, 9.17) is 0 Å². The first-order chi connectivity index (χ1) is 10.6. The van der Waals surface area contributed by atoms with E-state index in [9.17, 15) is 0 Å².